The lowest BCUT2D eigenvalue weighted by Gasteiger charge is -2.02. The molecule has 0 atom stereocenters. The van der Waals surface area contributed by atoms with E-state index in [4.69, 9.17) is 0 Å². The van der Waals surface area contributed by atoms with Crippen molar-refractivity contribution in [2.75, 3.05) is 11.5 Å². The molecule has 1 aromatic rings. The highest BCUT2D eigenvalue weighted by molar-refractivity contribution is 7.91. The minimum absolute atomic E-state index is 0.0928. The second-order valence-electron chi connectivity index (χ2n) is 3.31. The van der Waals surface area contributed by atoms with Crippen LogP contribution in [0.2, 0.25) is 0 Å². The number of rotatable bonds is 6. The first-order chi connectivity index (χ1) is 7.07. The zero-order valence-corrected chi connectivity index (χ0v) is 9.40. The van der Waals surface area contributed by atoms with Gasteiger partial charge in [-0.2, -0.15) is 0 Å². The summed E-state index contributed by atoms with van der Waals surface area (Å²) in [5.74, 6) is 0.303. The lowest BCUT2D eigenvalue weighted by molar-refractivity contribution is 0.111. The van der Waals surface area contributed by atoms with Crippen molar-refractivity contribution in [2.45, 2.75) is 19.9 Å². The molecule has 0 fully saturated rings. The largest absolute Gasteiger partial charge is 0.336 e. The van der Waals surface area contributed by atoms with Crippen molar-refractivity contribution >= 4 is 16.1 Å². The van der Waals surface area contributed by atoms with Crippen LogP contribution in [-0.2, 0) is 16.4 Å². The van der Waals surface area contributed by atoms with Gasteiger partial charge in [0, 0.05) is 18.5 Å². The third-order valence-corrected chi connectivity index (χ3v) is 3.78. The Morgan fingerprint density at radius 3 is 2.73 bits per heavy atom. The van der Waals surface area contributed by atoms with Gasteiger partial charge in [0.25, 0.3) is 0 Å². The normalized spacial score (nSPS) is 11.5. The second kappa shape index (κ2) is 5.06. The Morgan fingerprint density at radius 1 is 1.47 bits per heavy atom. The third-order valence-electron chi connectivity index (χ3n) is 1.95. The number of sulfone groups is 1. The molecule has 6 heteroatoms. The van der Waals surface area contributed by atoms with Crippen LogP contribution in [0.15, 0.2) is 12.5 Å². The van der Waals surface area contributed by atoms with Gasteiger partial charge in [0.15, 0.2) is 16.1 Å². The first-order valence-electron chi connectivity index (χ1n) is 4.75. The van der Waals surface area contributed by atoms with Crippen molar-refractivity contribution in [2.24, 2.45) is 0 Å². The Bertz CT molecular complexity index is 422. The van der Waals surface area contributed by atoms with Crippen LogP contribution in [0.3, 0.4) is 0 Å². The fraction of sp³-hybridized carbons (Fsp3) is 0.556. The minimum atomic E-state index is -2.96. The molecule has 1 heterocycles. The first-order valence-corrected chi connectivity index (χ1v) is 6.57. The van der Waals surface area contributed by atoms with Crippen molar-refractivity contribution in [3.63, 3.8) is 0 Å². The average Bonchev–Trinajstić information content (AvgIpc) is 2.62. The fourth-order valence-corrected chi connectivity index (χ4v) is 2.53. The molecular weight excluding hydrogens is 216 g/mol. The van der Waals surface area contributed by atoms with E-state index in [2.05, 4.69) is 4.98 Å². The molecule has 0 amide bonds. The van der Waals surface area contributed by atoms with E-state index in [1.165, 1.54) is 12.5 Å². The average molecular weight is 230 g/mol. The molecule has 1 aromatic heterocycles. The van der Waals surface area contributed by atoms with E-state index < -0.39 is 9.84 Å². The van der Waals surface area contributed by atoms with Crippen LogP contribution in [0.1, 0.15) is 23.8 Å². The van der Waals surface area contributed by atoms with Crippen molar-refractivity contribution < 1.29 is 13.2 Å². The van der Waals surface area contributed by atoms with Gasteiger partial charge in [-0.25, -0.2) is 13.4 Å². The van der Waals surface area contributed by atoms with Gasteiger partial charge in [0.05, 0.1) is 12.1 Å². The molecule has 84 valence electrons. The zero-order valence-electron chi connectivity index (χ0n) is 8.59. The maximum Gasteiger partial charge on any atom is 0.169 e. The number of carbonyl (C=O) groups is 1. The van der Waals surface area contributed by atoms with Crippen molar-refractivity contribution in [1.82, 2.24) is 9.55 Å². The molecule has 1 rings (SSSR count). The summed E-state index contributed by atoms with van der Waals surface area (Å²) in [6, 6.07) is 0. The number of nitrogens with zero attached hydrogens (tertiary/aromatic N) is 2. The number of hydrogen-bond acceptors (Lipinski definition) is 4. The van der Waals surface area contributed by atoms with Gasteiger partial charge in [0.2, 0.25) is 0 Å². The van der Waals surface area contributed by atoms with Gasteiger partial charge >= 0.3 is 0 Å². The highest BCUT2D eigenvalue weighted by Gasteiger charge is 2.09. The van der Waals surface area contributed by atoms with Crippen LogP contribution in [0.25, 0.3) is 0 Å². The molecule has 0 aliphatic carbocycles. The molecule has 0 saturated heterocycles. The predicted octanol–water partition coefficient (Wildman–Crippen LogP) is 0.520. The maximum absolute atomic E-state index is 11.4. The number of aryl methyl sites for hydroxylation is 1. The summed E-state index contributed by atoms with van der Waals surface area (Å²) >= 11 is 0. The molecule has 0 radical (unpaired) electrons. The van der Waals surface area contributed by atoms with Gasteiger partial charge in [-0.15, -0.1) is 0 Å². The summed E-state index contributed by atoms with van der Waals surface area (Å²) in [5.41, 5.74) is 0.322. The van der Waals surface area contributed by atoms with Gasteiger partial charge in [-0.05, 0) is 6.42 Å². The van der Waals surface area contributed by atoms with E-state index in [0.29, 0.717) is 24.9 Å². The van der Waals surface area contributed by atoms with E-state index in [1.807, 2.05) is 6.92 Å². The molecule has 0 aliphatic rings. The van der Waals surface area contributed by atoms with E-state index in [9.17, 15) is 13.2 Å². The SMILES string of the molecule is CCCS(=O)(=O)CCn1cnc(C=O)c1. The van der Waals surface area contributed by atoms with Crippen LogP contribution in [0.4, 0.5) is 0 Å². The van der Waals surface area contributed by atoms with Crippen LogP contribution >= 0.6 is 0 Å². The summed E-state index contributed by atoms with van der Waals surface area (Å²) < 4.78 is 24.4. The summed E-state index contributed by atoms with van der Waals surface area (Å²) in [6.45, 7) is 2.18. The molecule has 0 saturated carbocycles. The molecule has 0 spiro atoms. The second-order valence-corrected chi connectivity index (χ2v) is 5.61. The van der Waals surface area contributed by atoms with E-state index in [-0.39, 0.29) is 11.5 Å². The Morgan fingerprint density at radius 2 is 2.20 bits per heavy atom. The van der Waals surface area contributed by atoms with Crippen LogP contribution in [0.5, 0.6) is 0 Å². The van der Waals surface area contributed by atoms with Gasteiger partial charge in [-0.1, -0.05) is 6.92 Å². The van der Waals surface area contributed by atoms with Crippen LogP contribution in [0, 0.1) is 0 Å². The fourth-order valence-electron chi connectivity index (χ4n) is 1.22. The molecule has 0 aromatic carbocycles. The number of hydrogen-bond donors (Lipinski definition) is 0. The molecule has 5 nitrogen and oxygen atoms in total. The van der Waals surface area contributed by atoms with E-state index in [1.54, 1.807) is 4.57 Å². The number of aromatic nitrogens is 2. The summed E-state index contributed by atoms with van der Waals surface area (Å²) in [4.78, 5) is 14.1. The molecule has 15 heavy (non-hydrogen) atoms. The molecule has 0 N–H and O–H groups in total. The lowest BCUT2D eigenvalue weighted by Crippen LogP contribution is -2.15. The number of imidazole rings is 1. The van der Waals surface area contributed by atoms with Crippen molar-refractivity contribution in [1.29, 1.82) is 0 Å². The highest BCUT2D eigenvalue weighted by atomic mass is 32.2. The van der Waals surface area contributed by atoms with Gasteiger partial charge in [-0.3, -0.25) is 4.79 Å². The lowest BCUT2D eigenvalue weighted by atomic mass is 10.5. The molecule has 0 unspecified atom stereocenters. The summed E-state index contributed by atoms with van der Waals surface area (Å²) in [7, 11) is -2.96. The van der Waals surface area contributed by atoms with Crippen molar-refractivity contribution in [3.05, 3.63) is 18.2 Å². The Kier molecular flexibility index (Phi) is 4.02. The van der Waals surface area contributed by atoms with Crippen LogP contribution < -0.4 is 0 Å². The smallest absolute Gasteiger partial charge is 0.169 e. The predicted molar refractivity (Wildman–Crippen MR) is 56.6 cm³/mol. The first kappa shape index (κ1) is 11.9. The number of carbonyl (C=O) groups excluding carboxylic acids is 1. The van der Waals surface area contributed by atoms with Crippen LogP contribution in [-0.4, -0.2) is 35.8 Å². The van der Waals surface area contributed by atoms with Gasteiger partial charge < -0.3 is 4.57 Å². The van der Waals surface area contributed by atoms with E-state index >= 15 is 0 Å². The van der Waals surface area contributed by atoms with E-state index in [0.717, 1.165) is 0 Å². The quantitative estimate of drug-likeness (QED) is 0.668. The molecule has 0 bridgehead atoms. The zero-order chi connectivity index (χ0) is 11.3. The Hall–Kier alpha value is -1.17. The third kappa shape index (κ3) is 3.83. The topological polar surface area (TPSA) is 69.0 Å². The summed E-state index contributed by atoms with van der Waals surface area (Å²) in [5, 5.41) is 0. The highest BCUT2D eigenvalue weighted by Crippen LogP contribution is 1.98. The number of aldehydes is 1. The van der Waals surface area contributed by atoms with Gasteiger partial charge in [0.1, 0.15) is 5.69 Å². The monoisotopic (exact) mass is 230 g/mol. The maximum atomic E-state index is 11.4. The summed E-state index contributed by atoms with van der Waals surface area (Å²) in [6.07, 6.45) is 4.27. The minimum Gasteiger partial charge on any atom is -0.336 e. The molecular formula is C9H14N2O3S. The standard InChI is InChI=1S/C9H14N2O3S/c1-2-4-15(13,14)5-3-11-6-9(7-12)10-8-11/h6-8H,2-5H2,1H3. The Labute approximate surface area is 89.0 Å². The Balaban J connectivity index is 2.53. The van der Waals surface area contributed by atoms with Crippen molar-refractivity contribution in [3.8, 4) is 0 Å². The molecule has 0 aliphatic heterocycles.